The van der Waals surface area contributed by atoms with Gasteiger partial charge in [-0.1, -0.05) is 15.9 Å². The van der Waals surface area contributed by atoms with Gasteiger partial charge in [0.1, 0.15) is 0 Å². The zero-order valence-electron chi connectivity index (χ0n) is 12.8. The molecule has 0 aromatic heterocycles. The molecule has 1 amide bonds. The quantitative estimate of drug-likeness (QED) is 0.800. The fourth-order valence-corrected chi connectivity index (χ4v) is 5.09. The normalized spacial score (nSPS) is 26.3. The van der Waals surface area contributed by atoms with Gasteiger partial charge in [0, 0.05) is 41.6 Å². The van der Waals surface area contributed by atoms with Gasteiger partial charge >= 0.3 is 0 Å². The SMILES string of the molecule is Cl.O=C([C@@H]1C[C@H](N2CCc3cc(Br)ccc32)CN1)N1CCSC1. The van der Waals surface area contributed by atoms with Gasteiger partial charge in [-0.05, 0) is 36.6 Å². The fraction of sp³-hybridized carbons (Fsp3) is 0.562. The molecule has 1 aromatic carbocycles. The monoisotopic (exact) mass is 417 g/mol. The molecule has 3 aliphatic rings. The summed E-state index contributed by atoms with van der Waals surface area (Å²) in [5.41, 5.74) is 2.76. The van der Waals surface area contributed by atoms with Gasteiger partial charge in [0.15, 0.2) is 0 Å². The Labute approximate surface area is 155 Å². The highest BCUT2D eigenvalue weighted by molar-refractivity contribution is 9.10. The van der Waals surface area contributed by atoms with Crippen molar-refractivity contribution < 1.29 is 4.79 Å². The van der Waals surface area contributed by atoms with E-state index in [1.165, 1.54) is 11.3 Å². The minimum atomic E-state index is 0. The van der Waals surface area contributed by atoms with E-state index < -0.39 is 0 Å². The summed E-state index contributed by atoms with van der Waals surface area (Å²) in [6.07, 6.45) is 2.03. The summed E-state index contributed by atoms with van der Waals surface area (Å²) in [6.45, 7) is 2.89. The Hall–Kier alpha value is -0.430. The van der Waals surface area contributed by atoms with Gasteiger partial charge in [-0.25, -0.2) is 0 Å². The highest BCUT2D eigenvalue weighted by atomic mass is 79.9. The number of benzene rings is 1. The second-order valence-corrected chi connectivity index (χ2v) is 8.20. The topological polar surface area (TPSA) is 35.6 Å². The van der Waals surface area contributed by atoms with E-state index in [2.05, 4.69) is 44.3 Å². The van der Waals surface area contributed by atoms with E-state index in [9.17, 15) is 4.79 Å². The molecule has 2 atom stereocenters. The lowest BCUT2D eigenvalue weighted by Crippen LogP contribution is -2.42. The molecule has 0 spiro atoms. The lowest BCUT2D eigenvalue weighted by Gasteiger charge is -2.26. The number of thioether (sulfide) groups is 1. The van der Waals surface area contributed by atoms with Crippen LogP contribution in [0.4, 0.5) is 5.69 Å². The maximum atomic E-state index is 12.5. The molecule has 1 aromatic rings. The molecule has 126 valence electrons. The van der Waals surface area contributed by atoms with Crippen molar-refractivity contribution in [3.05, 3.63) is 28.2 Å². The van der Waals surface area contributed by atoms with Gasteiger partial charge in [-0.3, -0.25) is 4.79 Å². The first kappa shape index (κ1) is 17.4. The molecule has 23 heavy (non-hydrogen) atoms. The van der Waals surface area contributed by atoms with E-state index in [0.717, 1.165) is 48.6 Å². The van der Waals surface area contributed by atoms with Crippen molar-refractivity contribution in [3.8, 4) is 0 Å². The summed E-state index contributed by atoms with van der Waals surface area (Å²) in [7, 11) is 0. The Morgan fingerprint density at radius 3 is 3.00 bits per heavy atom. The van der Waals surface area contributed by atoms with Crippen LogP contribution in [0.1, 0.15) is 12.0 Å². The van der Waals surface area contributed by atoms with Crippen molar-refractivity contribution in [2.45, 2.75) is 24.9 Å². The number of carbonyl (C=O) groups excluding carboxylic acids is 1. The first-order valence-corrected chi connectivity index (χ1v) is 9.82. The van der Waals surface area contributed by atoms with Crippen LogP contribution >= 0.6 is 40.1 Å². The van der Waals surface area contributed by atoms with E-state index in [1.54, 1.807) is 0 Å². The fourth-order valence-electron chi connectivity index (χ4n) is 3.73. The number of halogens is 2. The van der Waals surface area contributed by atoms with Gasteiger partial charge in [-0.15, -0.1) is 24.2 Å². The van der Waals surface area contributed by atoms with Crippen molar-refractivity contribution >= 4 is 51.7 Å². The Bertz CT molecular complexity index is 597. The van der Waals surface area contributed by atoms with E-state index in [1.807, 2.05) is 16.7 Å². The molecule has 3 aliphatic heterocycles. The molecular weight excluding hydrogens is 398 g/mol. The van der Waals surface area contributed by atoms with Crippen molar-refractivity contribution in [3.63, 3.8) is 0 Å². The van der Waals surface area contributed by atoms with Gasteiger partial charge in [0.2, 0.25) is 5.91 Å². The molecule has 1 N–H and O–H groups in total. The smallest absolute Gasteiger partial charge is 0.240 e. The number of fused-ring (bicyclic) bond motifs is 1. The maximum absolute atomic E-state index is 12.5. The molecule has 0 unspecified atom stereocenters. The van der Waals surface area contributed by atoms with E-state index in [-0.39, 0.29) is 18.4 Å². The number of nitrogens with one attached hydrogen (secondary N) is 1. The maximum Gasteiger partial charge on any atom is 0.240 e. The number of hydrogen-bond acceptors (Lipinski definition) is 4. The second-order valence-electron chi connectivity index (χ2n) is 6.21. The second kappa shape index (κ2) is 7.21. The zero-order chi connectivity index (χ0) is 15.1. The lowest BCUT2D eigenvalue weighted by atomic mass is 10.1. The van der Waals surface area contributed by atoms with Crippen molar-refractivity contribution in [2.24, 2.45) is 0 Å². The number of amides is 1. The summed E-state index contributed by atoms with van der Waals surface area (Å²) < 4.78 is 1.15. The van der Waals surface area contributed by atoms with Crippen LogP contribution in [0.25, 0.3) is 0 Å². The van der Waals surface area contributed by atoms with E-state index >= 15 is 0 Å². The first-order chi connectivity index (χ1) is 10.7. The summed E-state index contributed by atoms with van der Waals surface area (Å²) >= 11 is 5.40. The summed E-state index contributed by atoms with van der Waals surface area (Å²) in [5.74, 6) is 2.24. The van der Waals surface area contributed by atoms with Crippen LogP contribution in [-0.4, -0.2) is 54.2 Å². The van der Waals surface area contributed by atoms with Crippen molar-refractivity contribution in [1.82, 2.24) is 10.2 Å². The van der Waals surface area contributed by atoms with Crippen LogP contribution in [0.15, 0.2) is 22.7 Å². The summed E-state index contributed by atoms with van der Waals surface area (Å²) in [4.78, 5) is 17.0. The van der Waals surface area contributed by atoms with Crippen LogP contribution in [-0.2, 0) is 11.2 Å². The third-order valence-electron chi connectivity index (χ3n) is 4.88. The minimum absolute atomic E-state index is 0. The molecule has 4 nitrogen and oxygen atoms in total. The minimum Gasteiger partial charge on any atom is -0.367 e. The van der Waals surface area contributed by atoms with Crippen molar-refractivity contribution in [1.29, 1.82) is 0 Å². The highest BCUT2D eigenvalue weighted by Crippen LogP contribution is 2.34. The molecular formula is C16H21BrClN3OS. The molecule has 0 aliphatic carbocycles. The molecule has 0 bridgehead atoms. The van der Waals surface area contributed by atoms with Gasteiger partial charge in [0.05, 0.1) is 11.9 Å². The molecule has 0 saturated carbocycles. The molecule has 4 rings (SSSR count). The Kier molecular flexibility index (Phi) is 5.46. The van der Waals surface area contributed by atoms with E-state index in [4.69, 9.17) is 0 Å². The van der Waals surface area contributed by atoms with Crippen LogP contribution in [0.3, 0.4) is 0 Å². The van der Waals surface area contributed by atoms with Gasteiger partial charge in [-0.2, -0.15) is 0 Å². The largest absolute Gasteiger partial charge is 0.367 e. The van der Waals surface area contributed by atoms with Crippen LogP contribution in [0.5, 0.6) is 0 Å². The number of rotatable bonds is 2. The average Bonchev–Trinajstić information content (AvgIpc) is 3.25. The molecule has 2 saturated heterocycles. The molecule has 2 fully saturated rings. The predicted octanol–water partition coefficient (Wildman–Crippen LogP) is 2.50. The third-order valence-corrected chi connectivity index (χ3v) is 6.34. The summed E-state index contributed by atoms with van der Waals surface area (Å²) in [5, 5.41) is 3.45. The third kappa shape index (κ3) is 3.36. The Balaban J connectivity index is 0.00000156. The molecule has 0 radical (unpaired) electrons. The van der Waals surface area contributed by atoms with Gasteiger partial charge < -0.3 is 15.1 Å². The average molecular weight is 419 g/mol. The molecule has 7 heteroatoms. The van der Waals surface area contributed by atoms with Crippen LogP contribution in [0, 0.1) is 0 Å². The highest BCUT2D eigenvalue weighted by Gasteiger charge is 2.37. The number of carbonyl (C=O) groups is 1. The lowest BCUT2D eigenvalue weighted by molar-refractivity contribution is -0.131. The van der Waals surface area contributed by atoms with E-state index in [0.29, 0.717) is 11.9 Å². The molecule has 3 heterocycles. The number of anilines is 1. The Morgan fingerprint density at radius 1 is 1.35 bits per heavy atom. The van der Waals surface area contributed by atoms with Crippen LogP contribution in [0.2, 0.25) is 0 Å². The Morgan fingerprint density at radius 2 is 2.22 bits per heavy atom. The van der Waals surface area contributed by atoms with Crippen LogP contribution < -0.4 is 10.2 Å². The predicted molar refractivity (Wildman–Crippen MR) is 102 cm³/mol. The standard InChI is InChI=1S/C16H20BrN3OS.ClH/c17-12-1-2-15-11(7-12)3-4-20(15)13-8-14(18-9-13)16(21)19-5-6-22-10-19;/h1-2,7,13-14,18H,3-6,8-10H2;1H/t13-,14-;/m0./s1. The van der Waals surface area contributed by atoms with Crippen molar-refractivity contribution in [2.75, 3.05) is 36.2 Å². The number of nitrogens with zero attached hydrogens (tertiary/aromatic N) is 2. The number of hydrogen-bond donors (Lipinski definition) is 1. The summed E-state index contributed by atoms with van der Waals surface area (Å²) in [6, 6.07) is 6.99. The zero-order valence-corrected chi connectivity index (χ0v) is 16.1. The first-order valence-electron chi connectivity index (χ1n) is 7.87. The van der Waals surface area contributed by atoms with Gasteiger partial charge in [0.25, 0.3) is 0 Å².